The lowest BCUT2D eigenvalue weighted by atomic mass is 10.0. The number of nitrogens with one attached hydrogen (secondary N) is 2. The van der Waals surface area contributed by atoms with Crippen LogP contribution >= 0.6 is 0 Å². The molecule has 2 rings (SSSR count). The monoisotopic (exact) mass is 320 g/mol. The van der Waals surface area contributed by atoms with Gasteiger partial charge < -0.3 is 10.4 Å². The highest BCUT2D eigenvalue weighted by Crippen LogP contribution is 2.07. The van der Waals surface area contributed by atoms with Gasteiger partial charge in [-0.3, -0.25) is 14.7 Å². The number of nitrogens with zero attached hydrogens (tertiary/aromatic N) is 2. The SMILES string of the molecule is Cc1nc2cc[nH]n2c(=O)c1CC(=O)NC(CC(C)C)C(=O)O. The van der Waals surface area contributed by atoms with Gasteiger partial charge in [0.2, 0.25) is 5.91 Å². The minimum atomic E-state index is -1.08. The molecule has 1 amide bonds. The van der Waals surface area contributed by atoms with Crippen LogP contribution in [0.25, 0.3) is 5.65 Å². The van der Waals surface area contributed by atoms with Gasteiger partial charge in [-0.05, 0) is 19.3 Å². The standard InChI is InChI=1S/C15H20N4O4/c1-8(2)6-11(15(22)23)18-13(20)7-10-9(3)17-12-4-5-16-19(12)14(10)21/h4-5,8,11,16H,6-7H2,1-3H3,(H,18,20)(H,22,23). The summed E-state index contributed by atoms with van der Waals surface area (Å²) in [5.41, 5.74) is 0.819. The molecule has 1 atom stereocenters. The van der Waals surface area contributed by atoms with E-state index in [-0.39, 0.29) is 23.5 Å². The molecule has 0 saturated heterocycles. The fourth-order valence-electron chi connectivity index (χ4n) is 2.41. The second kappa shape index (κ2) is 6.64. The van der Waals surface area contributed by atoms with Crippen LogP contribution in [-0.2, 0) is 16.0 Å². The molecule has 23 heavy (non-hydrogen) atoms. The average Bonchev–Trinajstić information content (AvgIpc) is 2.90. The second-order valence-electron chi connectivity index (χ2n) is 5.90. The molecule has 0 fully saturated rings. The Labute approximate surface area is 132 Å². The first-order chi connectivity index (χ1) is 10.8. The summed E-state index contributed by atoms with van der Waals surface area (Å²) >= 11 is 0. The molecule has 0 aromatic carbocycles. The van der Waals surface area contributed by atoms with Crippen molar-refractivity contribution in [2.75, 3.05) is 0 Å². The first kappa shape index (κ1) is 16.7. The molecule has 0 bridgehead atoms. The molecule has 2 aromatic rings. The number of rotatable bonds is 6. The van der Waals surface area contributed by atoms with E-state index >= 15 is 0 Å². The van der Waals surface area contributed by atoms with E-state index in [9.17, 15) is 14.4 Å². The van der Waals surface area contributed by atoms with Crippen LogP contribution in [0.15, 0.2) is 17.1 Å². The molecular weight excluding hydrogens is 300 g/mol. The molecule has 0 radical (unpaired) electrons. The Balaban J connectivity index is 2.20. The van der Waals surface area contributed by atoms with Crippen LogP contribution in [0, 0.1) is 12.8 Å². The van der Waals surface area contributed by atoms with E-state index in [1.54, 1.807) is 19.2 Å². The summed E-state index contributed by atoms with van der Waals surface area (Å²) in [6.45, 7) is 5.41. The normalized spacial score (nSPS) is 12.5. The average molecular weight is 320 g/mol. The van der Waals surface area contributed by atoms with Crippen LogP contribution in [0.2, 0.25) is 0 Å². The Hall–Kier alpha value is -2.64. The minimum absolute atomic E-state index is 0.126. The minimum Gasteiger partial charge on any atom is -0.480 e. The second-order valence-corrected chi connectivity index (χ2v) is 5.90. The Bertz CT molecular complexity index is 790. The van der Waals surface area contributed by atoms with E-state index < -0.39 is 17.9 Å². The van der Waals surface area contributed by atoms with Crippen LogP contribution in [0.3, 0.4) is 0 Å². The molecule has 3 N–H and O–H groups in total. The number of carboxylic acid groups (broad SMARTS) is 1. The first-order valence-corrected chi connectivity index (χ1v) is 7.37. The molecule has 0 spiro atoms. The van der Waals surface area contributed by atoms with Gasteiger partial charge >= 0.3 is 5.97 Å². The Morgan fingerprint density at radius 2 is 2.13 bits per heavy atom. The summed E-state index contributed by atoms with van der Waals surface area (Å²) in [7, 11) is 0. The van der Waals surface area contributed by atoms with Gasteiger partial charge in [-0.25, -0.2) is 14.3 Å². The number of aryl methyl sites for hydroxylation is 1. The van der Waals surface area contributed by atoms with Crippen LogP contribution < -0.4 is 10.9 Å². The van der Waals surface area contributed by atoms with E-state index in [2.05, 4.69) is 15.4 Å². The number of aliphatic carboxylic acids is 1. The zero-order valence-corrected chi connectivity index (χ0v) is 13.3. The van der Waals surface area contributed by atoms with Crippen molar-refractivity contribution in [3.63, 3.8) is 0 Å². The third-order valence-corrected chi connectivity index (χ3v) is 3.52. The molecule has 8 heteroatoms. The summed E-state index contributed by atoms with van der Waals surface area (Å²) in [6.07, 6.45) is 1.70. The first-order valence-electron chi connectivity index (χ1n) is 7.37. The van der Waals surface area contributed by atoms with Gasteiger partial charge in [0.1, 0.15) is 6.04 Å². The largest absolute Gasteiger partial charge is 0.480 e. The number of carboxylic acids is 1. The summed E-state index contributed by atoms with van der Waals surface area (Å²) in [5.74, 6) is -1.47. The number of carbonyl (C=O) groups is 2. The summed E-state index contributed by atoms with van der Waals surface area (Å²) in [5, 5.41) is 14.4. The number of fused-ring (bicyclic) bond motifs is 1. The van der Waals surface area contributed by atoms with Crippen molar-refractivity contribution in [2.24, 2.45) is 5.92 Å². The number of aromatic amines is 1. The highest BCUT2D eigenvalue weighted by molar-refractivity contribution is 5.84. The number of amides is 1. The summed E-state index contributed by atoms with van der Waals surface area (Å²) in [4.78, 5) is 39.9. The van der Waals surface area contributed by atoms with Gasteiger partial charge in [-0.2, -0.15) is 0 Å². The quantitative estimate of drug-likeness (QED) is 0.716. The van der Waals surface area contributed by atoms with Crippen LogP contribution in [0.4, 0.5) is 0 Å². The van der Waals surface area contributed by atoms with Crippen molar-refractivity contribution in [1.29, 1.82) is 0 Å². The molecular formula is C15H20N4O4. The topological polar surface area (TPSA) is 117 Å². The lowest BCUT2D eigenvalue weighted by Gasteiger charge is -2.16. The number of hydrogen-bond acceptors (Lipinski definition) is 4. The highest BCUT2D eigenvalue weighted by Gasteiger charge is 2.22. The zero-order valence-electron chi connectivity index (χ0n) is 13.3. The fourth-order valence-corrected chi connectivity index (χ4v) is 2.41. The molecule has 0 aliphatic carbocycles. The predicted octanol–water partition coefficient (Wildman–Crippen LogP) is 0.489. The van der Waals surface area contributed by atoms with Gasteiger partial charge in [0.25, 0.3) is 5.56 Å². The van der Waals surface area contributed by atoms with Crippen LogP contribution in [0.5, 0.6) is 0 Å². The molecule has 0 saturated carbocycles. The lowest BCUT2D eigenvalue weighted by molar-refractivity contribution is -0.142. The third kappa shape index (κ3) is 3.77. The van der Waals surface area contributed by atoms with Crippen molar-refractivity contribution in [3.8, 4) is 0 Å². The van der Waals surface area contributed by atoms with Crippen LogP contribution in [0.1, 0.15) is 31.5 Å². The van der Waals surface area contributed by atoms with Crippen molar-refractivity contribution < 1.29 is 14.7 Å². The molecule has 2 heterocycles. The Kier molecular flexibility index (Phi) is 4.83. The smallest absolute Gasteiger partial charge is 0.326 e. The summed E-state index contributed by atoms with van der Waals surface area (Å²) in [6, 6.07) is 0.689. The number of H-pyrrole nitrogens is 1. The molecule has 2 aromatic heterocycles. The van der Waals surface area contributed by atoms with E-state index in [4.69, 9.17) is 5.11 Å². The number of aromatic nitrogens is 3. The van der Waals surface area contributed by atoms with Crippen molar-refractivity contribution in [3.05, 3.63) is 33.9 Å². The van der Waals surface area contributed by atoms with Crippen molar-refractivity contribution in [1.82, 2.24) is 19.9 Å². The van der Waals surface area contributed by atoms with E-state index in [0.717, 1.165) is 0 Å². The van der Waals surface area contributed by atoms with Gasteiger partial charge in [-0.15, -0.1) is 0 Å². The maximum Gasteiger partial charge on any atom is 0.326 e. The molecule has 0 aliphatic rings. The highest BCUT2D eigenvalue weighted by atomic mass is 16.4. The van der Waals surface area contributed by atoms with E-state index in [1.165, 1.54) is 4.52 Å². The Morgan fingerprint density at radius 3 is 2.74 bits per heavy atom. The Morgan fingerprint density at radius 1 is 1.43 bits per heavy atom. The van der Waals surface area contributed by atoms with Crippen molar-refractivity contribution in [2.45, 2.75) is 39.7 Å². The van der Waals surface area contributed by atoms with E-state index in [0.29, 0.717) is 17.8 Å². The van der Waals surface area contributed by atoms with Gasteiger partial charge in [0.05, 0.1) is 6.42 Å². The molecule has 1 unspecified atom stereocenters. The predicted molar refractivity (Wildman–Crippen MR) is 83.3 cm³/mol. The third-order valence-electron chi connectivity index (χ3n) is 3.52. The molecule has 0 aliphatic heterocycles. The van der Waals surface area contributed by atoms with Gasteiger partial charge in [0.15, 0.2) is 5.65 Å². The maximum atomic E-state index is 12.3. The zero-order chi connectivity index (χ0) is 17.1. The number of carbonyl (C=O) groups excluding carboxylic acids is 1. The summed E-state index contributed by atoms with van der Waals surface area (Å²) < 4.78 is 1.25. The van der Waals surface area contributed by atoms with Gasteiger partial charge in [-0.1, -0.05) is 13.8 Å². The molecule has 8 nitrogen and oxygen atoms in total. The van der Waals surface area contributed by atoms with E-state index in [1.807, 2.05) is 13.8 Å². The lowest BCUT2D eigenvalue weighted by Crippen LogP contribution is -2.43. The van der Waals surface area contributed by atoms with Crippen molar-refractivity contribution >= 4 is 17.5 Å². The van der Waals surface area contributed by atoms with Crippen LogP contribution in [-0.4, -0.2) is 37.6 Å². The fraction of sp³-hybridized carbons (Fsp3) is 0.467. The molecule has 124 valence electrons. The van der Waals surface area contributed by atoms with Gasteiger partial charge in [0, 0.05) is 23.5 Å². The number of hydrogen-bond donors (Lipinski definition) is 3. The maximum absolute atomic E-state index is 12.3.